The lowest BCUT2D eigenvalue weighted by Gasteiger charge is -2.23. The zero-order valence-corrected chi connectivity index (χ0v) is 57.9. The summed E-state index contributed by atoms with van der Waals surface area (Å²) < 4.78 is 26.7. The number of H-pyrrole nitrogens is 4. The van der Waals surface area contributed by atoms with Crippen molar-refractivity contribution in [3.63, 3.8) is 0 Å². The lowest BCUT2D eigenvalue weighted by Crippen LogP contribution is -2.40. The summed E-state index contributed by atoms with van der Waals surface area (Å²) in [5.74, 6) is -2.45. The molecule has 0 aliphatic carbocycles. The number of Topliss-reactive ketones (excluding diaryl/α,β-unsaturated/α-hetero) is 1. The average molecular weight is 1340 g/mol. The van der Waals surface area contributed by atoms with E-state index in [9.17, 15) is 33.9 Å². The van der Waals surface area contributed by atoms with Crippen molar-refractivity contribution in [2.75, 3.05) is 19.8 Å². The Hall–Kier alpha value is -11.9. The smallest absolute Gasteiger partial charge is 0.349 e. The van der Waals surface area contributed by atoms with E-state index in [1.165, 1.54) is 20.8 Å². The standard InChI is InChI=1S/C20H22N2O3.C18H18N2O3.C16H16O3.C14H12N2O.C14H14O2/c1-5-24-19(23)20(3,4)25-18-17(13(2)21-22-18)16-12-8-10-14-9-6-7-11-15(14)16;1-11-15(16(20-19-11)23-18(2,3)17(21)22)14-10-6-8-12-7-4-5-9-13(12)14;1-3-19-16(18)15(11(2)17)14-10-6-8-12-7-4-5-9-13(12)14;1-9-13(14(17)16-15-9)12-8-4-6-10-5-2-3-7-11(10)12;1-2-16-14(15)10-12-8-5-7-11-6-3-4-9-13(11)12/h6-12H,5H2,1-4H3,(H,21,22);4-10H,1-3H3,(H,19,20)(H,21,22);4-10,15H,3H2,1-2H3;2-8H,1H3,(H2,15,16,17);3-9H,2,10H2,1H3. The third kappa shape index (κ3) is 17.1. The number of nitrogens with one attached hydrogen (secondary N) is 4. The molecule has 0 spiro atoms. The minimum atomic E-state index is -1.36. The Balaban J connectivity index is 0.000000147. The number of aryl methyl sites for hydroxylation is 3. The number of hydrogen-bond acceptors (Lipinski definition) is 13. The van der Waals surface area contributed by atoms with Crippen LogP contribution in [0.1, 0.15) is 89.5 Å². The van der Waals surface area contributed by atoms with E-state index in [2.05, 4.69) is 60.9 Å². The summed E-state index contributed by atoms with van der Waals surface area (Å²) in [5.41, 5.74) is 7.08. The number of hydrogen-bond donors (Lipinski definition) is 5. The highest BCUT2D eigenvalue weighted by atomic mass is 16.6. The van der Waals surface area contributed by atoms with Crippen molar-refractivity contribution in [3.05, 3.63) is 251 Å². The molecule has 0 radical (unpaired) electrons. The summed E-state index contributed by atoms with van der Waals surface area (Å²) in [6.07, 6.45) is 0.342. The van der Waals surface area contributed by atoms with Crippen molar-refractivity contribution in [1.29, 1.82) is 0 Å². The van der Waals surface area contributed by atoms with Gasteiger partial charge in [-0.1, -0.05) is 212 Å². The van der Waals surface area contributed by atoms with Gasteiger partial charge in [-0.15, -0.1) is 10.2 Å². The summed E-state index contributed by atoms with van der Waals surface area (Å²) in [6, 6.07) is 69.7. The number of ketones is 1. The summed E-state index contributed by atoms with van der Waals surface area (Å²) in [6.45, 7) is 19.9. The predicted molar refractivity (Wildman–Crippen MR) is 394 cm³/mol. The van der Waals surface area contributed by atoms with E-state index in [1.807, 2.05) is 210 Å². The maximum atomic E-state index is 12.2. The molecule has 0 aliphatic rings. The molecule has 0 fully saturated rings. The minimum absolute atomic E-state index is 0.0705. The van der Waals surface area contributed by atoms with Gasteiger partial charge in [0.05, 0.1) is 42.9 Å². The molecule has 3 heterocycles. The zero-order valence-electron chi connectivity index (χ0n) is 57.9. The quantitative estimate of drug-likeness (QED) is 0.0323. The summed E-state index contributed by atoms with van der Waals surface area (Å²) in [7, 11) is 0. The predicted octanol–water partition coefficient (Wildman–Crippen LogP) is 16.9. The van der Waals surface area contributed by atoms with Gasteiger partial charge < -0.3 is 33.9 Å². The van der Waals surface area contributed by atoms with Crippen molar-refractivity contribution in [2.24, 2.45) is 0 Å². The van der Waals surface area contributed by atoms with E-state index in [0.717, 1.165) is 110 Å². The fourth-order valence-corrected chi connectivity index (χ4v) is 11.6. The molecule has 0 saturated carbocycles. The summed E-state index contributed by atoms with van der Waals surface area (Å²) in [5, 5.41) is 39.9. The second-order valence-electron chi connectivity index (χ2n) is 24.5. The Kier molecular flexibility index (Phi) is 23.8. The molecule has 0 aliphatic heterocycles. The fraction of sp³-hybridized carbons (Fsp3) is 0.220. The Morgan fingerprint density at radius 1 is 0.440 bits per heavy atom. The molecule has 18 heteroatoms. The fourth-order valence-electron chi connectivity index (χ4n) is 11.6. The third-order valence-corrected chi connectivity index (χ3v) is 16.5. The molecule has 13 rings (SSSR count). The molecule has 3 aromatic heterocycles. The first-order valence-corrected chi connectivity index (χ1v) is 32.9. The lowest BCUT2D eigenvalue weighted by atomic mass is 9.91. The van der Waals surface area contributed by atoms with Crippen molar-refractivity contribution in [3.8, 4) is 45.1 Å². The van der Waals surface area contributed by atoms with E-state index in [-0.39, 0.29) is 23.9 Å². The Bertz CT molecular complexity index is 5090. The molecule has 0 bridgehead atoms. The number of nitrogens with zero attached hydrogens (tertiary/aromatic N) is 2. The first-order chi connectivity index (χ1) is 48.1. The first kappa shape index (κ1) is 72.4. The SMILES string of the molecule is CCOC(=O)C(C(C)=O)c1cccc2ccccc12.CCOC(=O)C(C)(C)Oc1n[nH]c(C)c1-c1cccc2ccccc12.CCOC(=O)Cc1cccc2ccccc12.Cc1[nH][nH]c(=O)c1-c1cccc2ccccc12.Cc1[nH]nc(OC(C)(C)C(=O)O)c1-c1cccc2ccccc12. The molecular formula is C82H82N6O12. The van der Waals surface area contributed by atoms with Crippen LogP contribution < -0.4 is 15.0 Å². The normalized spacial score (nSPS) is 11.3. The number of aromatic amines is 4. The second kappa shape index (κ2) is 32.9. The highest BCUT2D eigenvalue weighted by Gasteiger charge is 2.35. The monoisotopic (exact) mass is 1340 g/mol. The van der Waals surface area contributed by atoms with Crippen LogP contribution in [0.5, 0.6) is 11.8 Å². The highest BCUT2D eigenvalue weighted by Crippen LogP contribution is 2.40. The maximum absolute atomic E-state index is 12.2. The number of ether oxygens (including phenoxy) is 5. The van der Waals surface area contributed by atoms with Gasteiger partial charge in [-0.3, -0.25) is 34.5 Å². The summed E-state index contributed by atoms with van der Waals surface area (Å²) in [4.78, 5) is 70.5. The number of carboxylic acids is 1. The van der Waals surface area contributed by atoms with E-state index < -0.39 is 35.0 Å². The maximum Gasteiger partial charge on any atom is 0.349 e. The summed E-state index contributed by atoms with van der Waals surface area (Å²) >= 11 is 0. The number of rotatable bonds is 17. The minimum Gasteiger partial charge on any atom is -0.478 e. The third-order valence-electron chi connectivity index (χ3n) is 16.5. The van der Waals surface area contributed by atoms with Gasteiger partial charge in [0.15, 0.2) is 0 Å². The van der Waals surface area contributed by atoms with Gasteiger partial charge >= 0.3 is 23.9 Å². The van der Waals surface area contributed by atoms with Gasteiger partial charge in [-0.25, -0.2) is 9.59 Å². The largest absolute Gasteiger partial charge is 0.478 e. The lowest BCUT2D eigenvalue weighted by molar-refractivity contribution is -0.159. The van der Waals surface area contributed by atoms with Crippen LogP contribution in [-0.4, -0.2) is 96.4 Å². The van der Waals surface area contributed by atoms with E-state index in [0.29, 0.717) is 37.0 Å². The van der Waals surface area contributed by atoms with Gasteiger partial charge in [0.25, 0.3) is 5.56 Å². The van der Waals surface area contributed by atoms with Crippen molar-refractivity contribution in [2.45, 2.75) is 99.7 Å². The van der Waals surface area contributed by atoms with Crippen molar-refractivity contribution < 1.29 is 52.8 Å². The molecule has 100 heavy (non-hydrogen) atoms. The molecule has 512 valence electrons. The van der Waals surface area contributed by atoms with Crippen LogP contribution in [0.25, 0.3) is 87.2 Å². The number of fused-ring (bicyclic) bond motifs is 5. The number of esters is 3. The highest BCUT2D eigenvalue weighted by molar-refractivity contribution is 6.07. The first-order valence-electron chi connectivity index (χ1n) is 32.9. The van der Waals surface area contributed by atoms with Crippen molar-refractivity contribution in [1.82, 2.24) is 30.6 Å². The van der Waals surface area contributed by atoms with E-state index in [1.54, 1.807) is 27.7 Å². The van der Waals surface area contributed by atoms with E-state index >= 15 is 0 Å². The number of aromatic nitrogens is 6. The second-order valence-corrected chi connectivity index (χ2v) is 24.5. The Labute approximate surface area is 579 Å². The molecule has 1 unspecified atom stereocenters. The number of carboxylic acid groups (broad SMARTS) is 1. The Morgan fingerprint density at radius 2 is 0.820 bits per heavy atom. The van der Waals surface area contributed by atoms with Gasteiger partial charge in [0.1, 0.15) is 11.7 Å². The van der Waals surface area contributed by atoms with Crippen LogP contribution in [0.15, 0.2) is 217 Å². The number of aliphatic carboxylic acids is 1. The molecule has 5 N–H and O–H groups in total. The molecule has 13 aromatic rings. The van der Waals surface area contributed by atoms with Gasteiger partial charge in [-0.05, 0) is 158 Å². The van der Waals surface area contributed by atoms with Crippen molar-refractivity contribution >= 4 is 83.5 Å². The number of carbonyl (C=O) groups is 5. The van der Waals surface area contributed by atoms with Crippen LogP contribution in [0.3, 0.4) is 0 Å². The Morgan fingerprint density at radius 3 is 1.25 bits per heavy atom. The van der Waals surface area contributed by atoms with Gasteiger partial charge in [-0.2, -0.15) is 0 Å². The van der Waals surface area contributed by atoms with Gasteiger partial charge in [0, 0.05) is 17.1 Å². The molecule has 18 nitrogen and oxygen atoms in total. The zero-order chi connectivity index (χ0) is 71.7. The topological polar surface area (TPSA) is 258 Å². The van der Waals surface area contributed by atoms with E-state index in [4.69, 9.17) is 23.7 Å². The van der Waals surface area contributed by atoms with Gasteiger partial charge in [0.2, 0.25) is 23.0 Å². The molecule has 10 aromatic carbocycles. The molecular weight excluding hydrogens is 1260 g/mol. The molecule has 0 saturated heterocycles. The van der Waals surface area contributed by atoms with Crippen LogP contribution >= 0.6 is 0 Å². The molecule has 1 atom stereocenters. The van der Waals surface area contributed by atoms with Crippen LogP contribution in [0.2, 0.25) is 0 Å². The van der Waals surface area contributed by atoms with Crippen LogP contribution in [-0.2, 0) is 44.6 Å². The number of carbonyl (C=O) groups excluding carboxylic acids is 4. The average Bonchev–Trinajstić information content (AvgIpc) is 1.56. The van der Waals surface area contributed by atoms with Crippen LogP contribution in [0.4, 0.5) is 0 Å². The van der Waals surface area contributed by atoms with Crippen LogP contribution in [0, 0.1) is 20.8 Å². The number of benzene rings is 10. The molecule has 0 amide bonds.